The molecule has 0 saturated heterocycles. The van der Waals surface area contributed by atoms with Crippen LogP contribution in [0.2, 0.25) is 6.32 Å². The number of carbonyl (C=O) groups is 1. The molecular formula is C8H16B2I2NO+. The van der Waals surface area contributed by atoms with Crippen molar-refractivity contribution in [2.75, 3.05) is 21.1 Å². The molecule has 0 aromatic heterocycles. The number of halogens is 2. The fourth-order valence-corrected chi connectivity index (χ4v) is 0.638. The van der Waals surface area contributed by atoms with Crippen LogP contribution in [0.4, 0.5) is 0 Å². The Morgan fingerprint density at radius 3 is 2.00 bits per heavy atom. The topological polar surface area (TPSA) is 17.1 Å². The highest BCUT2D eigenvalue weighted by Crippen LogP contribution is 2.04. The van der Waals surface area contributed by atoms with E-state index in [1.54, 1.807) is 6.92 Å². The van der Waals surface area contributed by atoms with Gasteiger partial charge in [-0.3, -0.25) is 4.79 Å². The lowest BCUT2D eigenvalue weighted by atomic mass is 9.37. The summed E-state index contributed by atoms with van der Waals surface area (Å²) in [5, 5.41) is 0. The molecular weight excluding hydrogens is 402 g/mol. The number of Topliss-reactive ketones (excluding diaryl/α,β-unsaturated/α-hetero) is 1. The number of carbonyl (C=O) groups excluding carboxylic acids is 1. The molecule has 0 unspecified atom stereocenters. The molecule has 0 N–H and O–H groups in total. The molecule has 0 aliphatic carbocycles. The van der Waals surface area contributed by atoms with Gasteiger partial charge in [-0.2, -0.15) is 0 Å². The third kappa shape index (κ3) is 8.28. The Kier molecular flexibility index (Phi) is 10.1. The first-order chi connectivity index (χ1) is 6.25. The van der Waals surface area contributed by atoms with Crippen LogP contribution in [0.5, 0.6) is 0 Å². The minimum absolute atomic E-state index is 0.0514. The molecule has 0 rings (SSSR count). The summed E-state index contributed by atoms with van der Waals surface area (Å²) in [7, 11) is 11.7. The number of nitrogens with zero attached hydrogens (tertiary/aromatic N) is 1. The van der Waals surface area contributed by atoms with Gasteiger partial charge < -0.3 is 4.39 Å². The van der Waals surface area contributed by atoms with E-state index in [-0.39, 0.29) is 12.5 Å². The van der Waals surface area contributed by atoms with Crippen LogP contribution in [0.25, 0.3) is 0 Å². The Morgan fingerprint density at radius 1 is 1.43 bits per heavy atom. The molecule has 2 radical (unpaired) electrons. The zero-order valence-corrected chi connectivity index (χ0v) is 13.5. The number of hydrogen-bond acceptors (Lipinski definition) is 1. The van der Waals surface area contributed by atoms with Crippen LogP contribution in [-0.4, -0.2) is 45.8 Å². The van der Waals surface area contributed by atoms with E-state index in [0.29, 0.717) is 16.3 Å². The largest absolute Gasteiger partial charge is 0.409 e. The van der Waals surface area contributed by atoms with Crippen molar-refractivity contribution in [1.29, 1.82) is 0 Å². The fourth-order valence-electron chi connectivity index (χ4n) is 0.638. The first-order valence-electron chi connectivity index (χ1n) is 4.15. The summed E-state index contributed by atoms with van der Waals surface area (Å²) in [6, 6.07) is 0. The van der Waals surface area contributed by atoms with Crippen molar-refractivity contribution in [2.24, 2.45) is 0 Å². The summed E-state index contributed by atoms with van der Waals surface area (Å²) in [4.78, 5) is 11.2. The van der Waals surface area contributed by atoms with E-state index in [1.807, 2.05) is 21.1 Å². The molecule has 0 bridgehead atoms. The predicted molar refractivity (Wildman–Crippen MR) is 82.2 cm³/mol. The zero-order valence-electron chi connectivity index (χ0n) is 9.18. The molecule has 0 amide bonds. The van der Waals surface area contributed by atoms with E-state index < -0.39 is 0 Å². The molecule has 14 heavy (non-hydrogen) atoms. The Balaban J connectivity index is 0. The maximum Gasteiger partial charge on any atom is 0.347 e. The standard InChI is InChI=1S/C8H16B2NO.I2/c1-7(2)8(12)6-10(9)11(3,4)5;1-2/h1,6H2,2-5H3;/q+1;. The minimum Gasteiger partial charge on any atom is -0.409 e. The molecule has 0 saturated carbocycles. The molecule has 2 nitrogen and oxygen atoms in total. The Hall–Kier alpha value is 0.960. The normalized spacial score (nSPS) is 9.86. The van der Waals surface area contributed by atoms with Gasteiger partial charge in [0.05, 0.1) is 0 Å². The molecule has 6 heteroatoms. The predicted octanol–water partition coefficient (Wildman–Crippen LogP) is 2.27. The minimum atomic E-state index is -0.144. The Bertz CT molecular complexity index is 204. The lowest BCUT2D eigenvalue weighted by molar-refractivity contribution is -0.758. The van der Waals surface area contributed by atoms with Gasteiger partial charge in [0.2, 0.25) is 0 Å². The van der Waals surface area contributed by atoms with Gasteiger partial charge in [-0.1, -0.05) is 6.58 Å². The molecule has 0 atom stereocenters. The molecule has 0 aliphatic heterocycles. The summed E-state index contributed by atoms with van der Waals surface area (Å²) >= 11 is 4.24. The molecule has 0 spiro atoms. The van der Waals surface area contributed by atoms with Crippen molar-refractivity contribution in [3.05, 3.63) is 12.2 Å². The van der Waals surface area contributed by atoms with E-state index in [0.717, 1.165) is 0 Å². The van der Waals surface area contributed by atoms with Gasteiger partial charge in [-0.25, -0.2) is 0 Å². The van der Waals surface area contributed by atoms with Crippen molar-refractivity contribution in [3.8, 4) is 0 Å². The first-order valence-corrected chi connectivity index (χ1v) is 10.4. The van der Waals surface area contributed by atoms with Gasteiger partial charge in [0, 0.05) is 64.7 Å². The van der Waals surface area contributed by atoms with Crippen molar-refractivity contribution in [1.82, 2.24) is 0 Å². The van der Waals surface area contributed by atoms with Crippen LogP contribution in [0.15, 0.2) is 12.2 Å². The monoisotopic (exact) mass is 418 g/mol. The van der Waals surface area contributed by atoms with E-state index in [9.17, 15) is 4.79 Å². The SMILES string of the molecule is II.[B]B(CC(=O)C(=C)C)[N+](C)(C)C. The summed E-state index contributed by atoms with van der Waals surface area (Å²) in [6.07, 6.45) is 0.374. The van der Waals surface area contributed by atoms with E-state index in [4.69, 9.17) is 7.74 Å². The van der Waals surface area contributed by atoms with Crippen molar-refractivity contribution >= 4 is 57.5 Å². The average molecular weight is 418 g/mol. The van der Waals surface area contributed by atoms with E-state index in [1.165, 1.54) is 0 Å². The second-order valence-electron chi connectivity index (χ2n) is 4.09. The third-order valence-corrected chi connectivity index (χ3v) is 1.87. The molecule has 78 valence electrons. The van der Waals surface area contributed by atoms with Crippen LogP contribution in [0.1, 0.15) is 6.92 Å². The van der Waals surface area contributed by atoms with E-state index in [2.05, 4.69) is 43.8 Å². The number of quaternary nitrogens is 1. The molecule has 0 fully saturated rings. The van der Waals surface area contributed by atoms with Crippen LogP contribution in [-0.2, 0) is 4.79 Å². The maximum atomic E-state index is 11.2. The van der Waals surface area contributed by atoms with E-state index >= 15 is 0 Å². The van der Waals surface area contributed by atoms with Crippen LogP contribution >= 0.6 is 37.2 Å². The van der Waals surface area contributed by atoms with Gasteiger partial charge in [0.15, 0.2) is 5.78 Å². The summed E-state index contributed by atoms with van der Waals surface area (Å²) in [5.74, 6) is 0.0514. The molecule has 0 heterocycles. The molecule has 0 aromatic rings. The van der Waals surface area contributed by atoms with Crippen LogP contribution in [0, 0.1) is 0 Å². The average Bonchev–Trinajstić information content (AvgIpc) is 2.06. The van der Waals surface area contributed by atoms with Crippen molar-refractivity contribution in [3.63, 3.8) is 0 Å². The van der Waals surface area contributed by atoms with Gasteiger partial charge in [0.25, 0.3) is 0 Å². The quantitative estimate of drug-likeness (QED) is 0.390. The second-order valence-corrected chi connectivity index (χ2v) is 4.09. The fraction of sp³-hybridized carbons (Fsp3) is 0.625. The molecule has 0 aliphatic rings. The van der Waals surface area contributed by atoms with Gasteiger partial charge >= 0.3 is 6.74 Å². The highest BCUT2D eigenvalue weighted by molar-refractivity contribution is 15.0. The second kappa shape index (κ2) is 8.15. The van der Waals surface area contributed by atoms with Crippen LogP contribution in [0.3, 0.4) is 0 Å². The highest BCUT2D eigenvalue weighted by atomic mass is 128. The van der Waals surface area contributed by atoms with Gasteiger partial charge in [0.1, 0.15) is 7.74 Å². The number of allylic oxidation sites excluding steroid dienone is 1. The third-order valence-electron chi connectivity index (χ3n) is 1.87. The maximum absolute atomic E-state index is 11.2. The smallest absolute Gasteiger partial charge is 0.347 e. The summed E-state index contributed by atoms with van der Waals surface area (Å²) < 4.78 is 0.596. The van der Waals surface area contributed by atoms with Crippen molar-refractivity contribution < 1.29 is 9.19 Å². The lowest BCUT2D eigenvalue weighted by Crippen LogP contribution is -2.50. The van der Waals surface area contributed by atoms with Crippen molar-refractivity contribution in [2.45, 2.75) is 13.2 Å². The first kappa shape index (κ1) is 17.4. The Labute approximate surface area is 112 Å². The summed E-state index contributed by atoms with van der Waals surface area (Å²) in [5.41, 5.74) is 0.582. The lowest BCUT2D eigenvalue weighted by Gasteiger charge is -2.30. The Morgan fingerprint density at radius 2 is 1.79 bits per heavy atom. The zero-order chi connectivity index (χ0) is 11.9. The van der Waals surface area contributed by atoms with Crippen LogP contribution < -0.4 is 0 Å². The van der Waals surface area contributed by atoms with Gasteiger partial charge in [-0.15, -0.1) is 0 Å². The number of rotatable bonds is 4. The number of hydrogen-bond donors (Lipinski definition) is 0. The molecule has 0 aromatic carbocycles. The van der Waals surface area contributed by atoms with Gasteiger partial charge in [-0.05, 0) is 12.5 Å². The summed E-state index contributed by atoms with van der Waals surface area (Å²) in [6.45, 7) is 5.15. The number of ketones is 1. The highest BCUT2D eigenvalue weighted by Gasteiger charge is 2.27.